The van der Waals surface area contributed by atoms with Gasteiger partial charge in [0.2, 0.25) is 11.8 Å². The molecule has 25 heavy (non-hydrogen) atoms. The zero-order chi connectivity index (χ0) is 17.8. The fourth-order valence-electron chi connectivity index (χ4n) is 3.21. The molecular formula is C19H25N3O2S. The van der Waals surface area contributed by atoms with Crippen molar-refractivity contribution in [3.8, 4) is 11.5 Å². The van der Waals surface area contributed by atoms with Crippen molar-refractivity contribution in [3.05, 3.63) is 29.8 Å². The molecule has 1 aromatic carbocycles. The van der Waals surface area contributed by atoms with Crippen molar-refractivity contribution in [2.24, 2.45) is 5.92 Å². The first kappa shape index (κ1) is 18.0. The molecule has 134 valence electrons. The Labute approximate surface area is 153 Å². The van der Waals surface area contributed by atoms with Crippen molar-refractivity contribution in [1.82, 2.24) is 15.5 Å². The molecule has 0 bridgehead atoms. The second kappa shape index (κ2) is 8.04. The average molecular weight is 359 g/mol. The van der Waals surface area contributed by atoms with Crippen LogP contribution in [0.5, 0.6) is 0 Å². The van der Waals surface area contributed by atoms with Gasteiger partial charge in [0.25, 0.3) is 5.22 Å². The molecule has 2 aromatic rings. The molecule has 1 aromatic heterocycles. The first-order valence-electron chi connectivity index (χ1n) is 8.91. The molecule has 1 saturated carbocycles. The van der Waals surface area contributed by atoms with Crippen molar-refractivity contribution in [2.45, 2.75) is 63.0 Å². The van der Waals surface area contributed by atoms with Crippen LogP contribution in [0.1, 0.15) is 45.1 Å². The Morgan fingerprint density at radius 1 is 1.28 bits per heavy atom. The van der Waals surface area contributed by atoms with Crippen LogP contribution in [0.2, 0.25) is 0 Å². The zero-order valence-corrected chi connectivity index (χ0v) is 15.8. The van der Waals surface area contributed by atoms with Crippen molar-refractivity contribution >= 4 is 17.7 Å². The summed E-state index contributed by atoms with van der Waals surface area (Å²) < 4.78 is 5.74. The highest BCUT2D eigenvalue weighted by Gasteiger charge is 2.26. The van der Waals surface area contributed by atoms with Gasteiger partial charge in [-0.05, 0) is 44.2 Å². The minimum atomic E-state index is -0.265. The van der Waals surface area contributed by atoms with Gasteiger partial charge in [-0.3, -0.25) is 4.79 Å². The summed E-state index contributed by atoms with van der Waals surface area (Å²) in [7, 11) is 0. The Hall–Kier alpha value is -1.82. The molecule has 3 atom stereocenters. The summed E-state index contributed by atoms with van der Waals surface area (Å²) in [6.45, 7) is 6.10. The molecule has 0 radical (unpaired) electrons. The van der Waals surface area contributed by atoms with E-state index in [0.717, 1.165) is 17.5 Å². The van der Waals surface area contributed by atoms with Gasteiger partial charge in [0, 0.05) is 11.6 Å². The summed E-state index contributed by atoms with van der Waals surface area (Å²) >= 11 is 1.31. The van der Waals surface area contributed by atoms with E-state index >= 15 is 0 Å². The van der Waals surface area contributed by atoms with Gasteiger partial charge in [0.05, 0.1) is 5.25 Å². The molecule has 1 aliphatic carbocycles. The lowest BCUT2D eigenvalue weighted by atomic mass is 9.86. The van der Waals surface area contributed by atoms with Crippen molar-refractivity contribution in [3.63, 3.8) is 0 Å². The van der Waals surface area contributed by atoms with Crippen molar-refractivity contribution in [2.75, 3.05) is 0 Å². The molecule has 1 amide bonds. The number of carbonyl (C=O) groups is 1. The number of carbonyl (C=O) groups excluding carboxylic acids is 1. The molecule has 0 spiro atoms. The maximum atomic E-state index is 12.5. The van der Waals surface area contributed by atoms with Crippen LogP contribution in [0.25, 0.3) is 11.5 Å². The number of aryl methyl sites for hydroxylation is 1. The minimum absolute atomic E-state index is 0.0411. The van der Waals surface area contributed by atoms with Gasteiger partial charge in [-0.2, -0.15) is 0 Å². The molecule has 1 N–H and O–H groups in total. The highest BCUT2D eigenvalue weighted by atomic mass is 32.2. The van der Waals surface area contributed by atoms with Crippen LogP contribution in [0.15, 0.2) is 33.9 Å². The Balaban J connectivity index is 1.60. The van der Waals surface area contributed by atoms with E-state index in [-0.39, 0.29) is 17.2 Å². The second-order valence-corrected chi connectivity index (χ2v) is 8.12. The van der Waals surface area contributed by atoms with E-state index in [4.69, 9.17) is 4.42 Å². The fourth-order valence-corrected chi connectivity index (χ4v) is 3.91. The monoisotopic (exact) mass is 359 g/mol. The summed E-state index contributed by atoms with van der Waals surface area (Å²) in [5.41, 5.74) is 2.01. The standard InChI is InChI=1S/C19H25N3O2S/c1-12-8-4-6-10-15(12)18-21-22-19(24-18)25-14(3)17(23)20-16-11-7-5-9-13(16)2/h4,6,8,10,13-14,16H,5,7,9,11H2,1-3H3,(H,20,23)/t13-,14+,16-/m0/s1. The normalized spacial score (nSPS) is 21.7. The third kappa shape index (κ3) is 4.42. The number of nitrogens with zero attached hydrogens (tertiary/aromatic N) is 2. The summed E-state index contributed by atoms with van der Waals surface area (Å²) in [5, 5.41) is 11.6. The third-order valence-corrected chi connectivity index (χ3v) is 5.80. The first-order chi connectivity index (χ1) is 12.0. The maximum absolute atomic E-state index is 12.5. The first-order valence-corrected chi connectivity index (χ1v) is 9.79. The van der Waals surface area contributed by atoms with Gasteiger partial charge in [-0.15, -0.1) is 10.2 Å². The van der Waals surface area contributed by atoms with Gasteiger partial charge in [-0.1, -0.05) is 49.7 Å². The third-order valence-electron chi connectivity index (χ3n) is 4.87. The van der Waals surface area contributed by atoms with Gasteiger partial charge < -0.3 is 9.73 Å². The van der Waals surface area contributed by atoms with Crippen LogP contribution in [0, 0.1) is 12.8 Å². The highest BCUT2D eigenvalue weighted by molar-refractivity contribution is 8.00. The van der Waals surface area contributed by atoms with E-state index in [1.165, 1.54) is 31.0 Å². The summed E-state index contributed by atoms with van der Waals surface area (Å²) in [4.78, 5) is 12.5. The summed E-state index contributed by atoms with van der Waals surface area (Å²) in [5.74, 6) is 1.08. The second-order valence-electron chi connectivity index (χ2n) is 6.82. The molecule has 0 unspecified atom stereocenters. The number of nitrogens with one attached hydrogen (secondary N) is 1. The number of amides is 1. The average Bonchev–Trinajstić information content (AvgIpc) is 3.05. The number of rotatable bonds is 5. The molecule has 1 heterocycles. The predicted octanol–water partition coefficient (Wildman–Crippen LogP) is 4.22. The molecule has 1 aliphatic rings. The number of aromatic nitrogens is 2. The van der Waals surface area contributed by atoms with E-state index in [9.17, 15) is 4.79 Å². The topological polar surface area (TPSA) is 68.0 Å². The van der Waals surface area contributed by atoms with Crippen molar-refractivity contribution in [1.29, 1.82) is 0 Å². The number of benzene rings is 1. The van der Waals surface area contributed by atoms with Gasteiger partial charge >= 0.3 is 0 Å². The minimum Gasteiger partial charge on any atom is -0.411 e. The summed E-state index contributed by atoms with van der Waals surface area (Å²) in [6.07, 6.45) is 4.72. The SMILES string of the molecule is Cc1ccccc1-c1nnc(S[C@H](C)C(=O)N[C@H]2CCCC[C@@H]2C)o1. The molecule has 1 fully saturated rings. The molecular weight excluding hydrogens is 334 g/mol. The molecule has 3 rings (SSSR count). The van der Waals surface area contributed by atoms with E-state index in [1.54, 1.807) is 0 Å². The molecule has 6 heteroatoms. The lowest BCUT2D eigenvalue weighted by molar-refractivity contribution is -0.121. The zero-order valence-electron chi connectivity index (χ0n) is 15.0. The van der Waals surface area contributed by atoms with Crippen LogP contribution in [0.3, 0.4) is 0 Å². The van der Waals surface area contributed by atoms with Crippen LogP contribution < -0.4 is 5.32 Å². The van der Waals surface area contributed by atoms with Crippen LogP contribution in [-0.2, 0) is 4.79 Å². The Kier molecular flexibility index (Phi) is 5.78. The predicted molar refractivity (Wildman–Crippen MR) is 99.4 cm³/mol. The largest absolute Gasteiger partial charge is 0.411 e. The molecule has 0 aliphatic heterocycles. The van der Waals surface area contributed by atoms with Crippen LogP contribution in [-0.4, -0.2) is 27.4 Å². The highest BCUT2D eigenvalue weighted by Crippen LogP contribution is 2.29. The van der Waals surface area contributed by atoms with Gasteiger partial charge in [0.15, 0.2) is 0 Å². The maximum Gasteiger partial charge on any atom is 0.277 e. The fraction of sp³-hybridized carbons (Fsp3) is 0.526. The lowest BCUT2D eigenvalue weighted by Crippen LogP contribution is -2.44. The molecule has 0 saturated heterocycles. The van der Waals surface area contributed by atoms with Gasteiger partial charge in [-0.25, -0.2) is 0 Å². The Morgan fingerprint density at radius 3 is 2.80 bits per heavy atom. The smallest absolute Gasteiger partial charge is 0.277 e. The van der Waals surface area contributed by atoms with E-state index in [1.807, 2.05) is 38.1 Å². The Morgan fingerprint density at radius 2 is 2.04 bits per heavy atom. The van der Waals surface area contributed by atoms with E-state index < -0.39 is 0 Å². The number of hydrogen-bond donors (Lipinski definition) is 1. The summed E-state index contributed by atoms with van der Waals surface area (Å²) in [6, 6.07) is 8.17. The molecule has 5 nitrogen and oxygen atoms in total. The van der Waals surface area contributed by atoms with E-state index in [0.29, 0.717) is 17.0 Å². The lowest BCUT2D eigenvalue weighted by Gasteiger charge is -2.30. The quantitative estimate of drug-likeness (QED) is 0.810. The Bertz CT molecular complexity index is 731. The van der Waals surface area contributed by atoms with Crippen LogP contribution in [0.4, 0.5) is 0 Å². The van der Waals surface area contributed by atoms with E-state index in [2.05, 4.69) is 22.4 Å². The van der Waals surface area contributed by atoms with Gasteiger partial charge in [0.1, 0.15) is 0 Å². The van der Waals surface area contributed by atoms with Crippen molar-refractivity contribution < 1.29 is 9.21 Å². The van der Waals surface area contributed by atoms with Crippen LogP contribution >= 0.6 is 11.8 Å². The number of hydrogen-bond acceptors (Lipinski definition) is 5. The number of thioether (sulfide) groups is 1.